The topological polar surface area (TPSA) is 79.4 Å². The molecule has 0 saturated carbocycles. The third-order valence-electron chi connectivity index (χ3n) is 6.73. The molecule has 1 amide bonds. The first-order valence-electron chi connectivity index (χ1n) is 12.5. The van der Waals surface area contributed by atoms with E-state index in [9.17, 15) is 13.2 Å². The Morgan fingerprint density at radius 2 is 1.45 bits per heavy atom. The lowest BCUT2D eigenvalue weighted by Crippen LogP contribution is -2.52. The van der Waals surface area contributed by atoms with Gasteiger partial charge in [-0.1, -0.05) is 12.1 Å². The maximum absolute atomic E-state index is 14.1. The lowest BCUT2D eigenvalue weighted by atomic mass is 10.1. The van der Waals surface area contributed by atoms with Crippen LogP contribution in [-0.2, 0) is 14.8 Å². The van der Waals surface area contributed by atoms with E-state index in [1.807, 2.05) is 51.1 Å². The largest absolute Gasteiger partial charge is 0.497 e. The number of ether oxygens (including phenoxy) is 2. The number of methoxy groups -OCH3 is 2. The quantitative estimate of drug-likeness (QED) is 0.429. The summed E-state index contributed by atoms with van der Waals surface area (Å²) in [5.41, 5.74) is 4.12. The molecule has 0 spiro atoms. The van der Waals surface area contributed by atoms with Gasteiger partial charge in [-0.3, -0.25) is 9.10 Å². The van der Waals surface area contributed by atoms with Crippen LogP contribution in [-0.4, -0.2) is 66.2 Å². The Balaban J connectivity index is 1.59. The molecule has 3 aromatic rings. The average Bonchev–Trinajstić information content (AvgIpc) is 2.91. The van der Waals surface area contributed by atoms with E-state index in [1.165, 1.54) is 11.4 Å². The highest BCUT2D eigenvalue weighted by atomic mass is 32.2. The van der Waals surface area contributed by atoms with Crippen LogP contribution in [0.25, 0.3) is 0 Å². The van der Waals surface area contributed by atoms with E-state index in [4.69, 9.17) is 9.47 Å². The zero-order chi connectivity index (χ0) is 27.4. The summed E-state index contributed by atoms with van der Waals surface area (Å²) < 4.78 is 39.9. The van der Waals surface area contributed by atoms with Gasteiger partial charge in [-0.15, -0.1) is 0 Å². The number of anilines is 2. The Morgan fingerprint density at radius 3 is 2.03 bits per heavy atom. The maximum Gasteiger partial charge on any atom is 0.268 e. The minimum absolute atomic E-state index is 0.0382. The van der Waals surface area contributed by atoms with E-state index < -0.39 is 10.0 Å². The summed E-state index contributed by atoms with van der Waals surface area (Å²) in [6.45, 7) is 7.65. The normalized spacial score (nSPS) is 13.8. The second-order valence-electron chi connectivity index (χ2n) is 9.58. The van der Waals surface area contributed by atoms with Gasteiger partial charge in [-0.25, -0.2) is 8.42 Å². The van der Waals surface area contributed by atoms with Crippen molar-refractivity contribution < 1.29 is 22.7 Å². The standard InChI is InChI=1S/C29H35N3O5S/c1-21-6-11-27(37-5)28(19-21)38(34,35)32(25-17-22(2)16-23(3)18-25)20-29(33)31-14-12-30(13-15-31)24-7-9-26(36-4)10-8-24/h6-11,16-19H,12-15,20H2,1-5H3. The van der Waals surface area contributed by atoms with Crippen molar-refractivity contribution in [2.75, 3.05) is 56.1 Å². The van der Waals surface area contributed by atoms with E-state index >= 15 is 0 Å². The molecule has 0 aromatic heterocycles. The van der Waals surface area contributed by atoms with Crippen LogP contribution < -0.4 is 18.7 Å². The molecular weight excluding hydrogens is 502 g/mol. The molecule has 1 fully saturated rings. The third-order valence-corrected chi connectivity index (χ3v) is 8.53. The molecular formula is C29H35N3O5S. The van der Waals surface area contributed by atoms with E-state index in [1.54, 1.807) is 42.3 Å². The summed E-state index contributed by atoms with van der Waals surface area (Å²) in [5.74, 6) is 0.791. The van der Waals surface area contributed by atoms with E-state index in [0.29, 0.717) is 31.9 Å². The van der Waals surface area contributed by atoms with Gasteiger partial charge in [-0.05, 0) is 86.0 Å². The van der Waals surface area contributed by atoms with Crippen molar-refractivity contribution in [2.45, 2.75) is 25.7 Å². The third kappa shape index (κ3) is 5.88. The second kappa shape index (κ2) is 11.3. The van der Waals surface area contributed by atoms with Crippen LogP contribution >= 0.6 is 0 Å². The summed E-state index contributed by atoms with van der Waals surface area (Å²) in [6, 6.07) is 18.4. The maximum atomic E-state index is 14.1. The van der Waals surface area contributed by atoms with Gasteiger partial charge in [0.05, 0.1) is 19.9 Å². The van der Waals surface area contributed by atoms with Crippen molar-refractivity contribution in [1.82, 2.24) is 4.90 Å². The van der Waals surface area contributed by atoms with Crippen LogP contribution in [0, 0.1) is 20.8 Å². The van der Waals surface area contributed by atoms with Gasteiger partial charge in [0.2, 0.25) is 5.91 Å². The molecule has 8 nitrogen and oxygen atoms in total. The summed E-state index contributed by atoms with van der Waals surface area (Å²) in [7, 11) is -1.03. The average molecular weight is 538 g/mol. The zero-order valence-electron chi connectivity index (χ0n) is 22.6. The number of carbonyl (C=O) groups excluding carboxylic acids is 1. The van der Waals surface area contributed by atoms with E-state index in [-0.39, 0.29) is 23.1 Å². The number of aryl methyl sites for hydroxylation is 3. The molecule has 1 heterocycles. The Morgan fingerprint density at radius 1 is 0.816 bits per heavy atom. The van der Waals surface area contributed by atoms with Crippen molar-refractivity contribution in [2.24, 2.45) is 0 Å². The molecule has 1 saturated heterocycles. The number of hydrogen-bond donors (Lipinski definition) is 0. The highest BCUT2D eigenvalue weighted by Crippen LogP contribution is 2.32. The second-order valence-corrected chi connectivity index (χ2v) is 11.4. The van der Waals surface area contributed by atoms with E-state index in [0.717, 1.165) is 28.1 Å². The number of carbonyl (C=O) groups is 1. The first kappa shape index (κ1) is 27.3. The number of rotatable bonds is 8. The fourth-order valence-corrected chi connectivity index (χ4v) is 6.39. The Kier molecular flexibility index (Phi) is 8.16. The Bertz CT molecular complexity index is 1380. The van der Waals surface area contributed by atoms with Gasteiger partial charge in [0.25, 0.3) is 10.0 Å². The predicted octanol–water partition coefficient (Wildman–Crippen LogP) is 4.17. The van der Waals surface area contributed by atoms with Crippen molar-refractivity contribution in [1.29, 1.82) is 0 Å². The number of piperazine rings is 1. The minimum Gasteiger partial charge on any atom is -0.497 e. The molecule has 0 radical (unpaired) electrons. The van der Waals surface area contributed by atoms with E-state index in [2.05, 4.69) is 4.90 Å². The molecule has 0 atom stereocenters. The molecule has 0 aliphatic carbocycles. The van der Waals surface area contributed by atoms with Gasteiger partial charge in [0, 0.05) is 31.9 Å². The molecule has 0 unspecified atom stereocenters. The molecule has 38 heavy (non-hydrogen) atoms. The molecule has 1 aliphatic rings. The number of benzene rings is 3. The van der Waals surface area contributed by atoms with Gasteiger partial charge in [0.1, 0.15) is 22.9 Å². The number of nitrogens with zero attached hydrogens (tertiary/aromatic N) is 3. The van der Waals surface area contributed by atoms with Crippen molar-refractivity contribution >= 4 is 27.3 Å². The number of amides is 1. The minimum atomic E-state index is -4.11. The zero-order valence-corrected chi connectivity index (χ0v) is 23.4. The predicted molar refractivity (Wildman–Crippen MR) is 150 cm³/mol. The van der Waals surface area contributed by atoms with Crippen molar-refractivity contribution in [3.05, 3.63) is 77.4 Å². The molecule has 202 valence electrons. The van der Waals surface area contributed by atoms with Crippen molar-refractivity contribution in [3.63, 3.8) is 0 Å². The lowest BCUT2D eigenvalue weighted by molar-refractivity contribution is -0.129. The number of sulfonamides is 1. The fraction of sp³-hybridized carbons (Fsp3) is 0.345. The van der Waals surface area contributed by atoms with Crippen LogP contribution in [0.5, 0.6) is 11.5 Å². The monoisotopic (exact) mass is 537 g/mol. The van der Waals surface area contributed by atoms with Crippen LogP contribution in [0.15, 0.2) is 65.6 Å². The fourth-order valence-electron chi connectivity index (χ4n) is 4.74. The Hall–Kier alpha value is -3.72. The van der Waals surface area contributed by atoms with Gasteiger partial charge in [0.15, 0.2) is 0 Å². The smallest absolute Gasteiger partial charge is 0.268 e. The number of hydrogen-bond acceptors (Lipinski definition) is 6. The van der Waals surface area contributed by atoms with Crippen LogP contribution in [0.4, 0.5) is 11.4 Å². The molecule has 9 heteroatoms. The SMILES string of the molecule is COc1ccc(N2CCN(C(=O)CN(c3cc(C)cc(C)c3)S(=O)(=O)c3cc(C)ccc3OC)CC2)cc1. The molecule has 4 rings (SSSR count). The molecule has 0 bridgehead atoms. The summed E-state index contributed by atoms with van der Waals surface area (Å²) >= 11 is 0. The summed E-state index contributed by atoms with van der Waals surface area (Å²) in [6.07, 6.45) is 0. The van der Waals surface area contributed by atoms with Gasteiger partial charge < -0.3 is 19.3 Å². The van der Waals surface area contributed by atoms with Gasteiger partial charge in [-0.2, -0.15) is 0 Å². The molecule has 1 aliphatic heterocycles. The van der Waals surface area contributed by atoms with Crippen LogP contribution in [0.1, 0.15) is 16.7 Å². The Labute approximate surface area is 225 Å². The van der Waals surface area contributed by atoms with Crippen LogP contribution in [0.2, 0.25) is 0 Å². The summed E-state index contributed by atoms with van der Waals surface area (Å²) in [5, 5.41) is 0. The highest BCUT2D eigenvalue weighted by Gasteiger charge is 2.32. The van der Waals surface area contributed by atoms with Crippen molar-refractivity contribution in [3.8, 4) is 11.5 Å². The summed E-state index contributed by atoms with van der Waals surface area (Å²) in [4.78, 5) is 17.5. The molecule has 3 aromatic carbocycles. The highest BCUT2D eigenvalue weighted by molar-refractivity contribution is 7.93. The van der Waals surface area contributed by atoms with Crippen LogP contribution in [0.3, 0.4) is 0 Å². The van der Waals surface area contributed by atoms with Gasteiger partial charge >= 0.3 is 0 Å². The lowest BCUT2D eigenvalue weighted by Gasteiger charge is -2.37. The molecule has 0 N–H and O–H groups in total. The first-order valence-corrected chi connectivity index (χ1v) is 14.0. The first-order chi connectivity index (χ1) is 18.1.